The summed E-state index contributed by atoms with van der Waals surface area (Å²) in [5, 5.41) is 11.4. The number of aryl methyl sites for hydroxylation is 1. The number of halogens is 1. The zero-order valence-corrected chi connectivity index (χ0v) is 13.7. The van der Waals surface area contributed by atoms with Gasteiger partial charge >= 0.3 is 0 Å². The van der Waals surface area contributed by atoms with Crippen LogP contribution in [0.1, 0.15) is 16.7 Å². The number of carbonyl (C=O) groups excluding carboxylic acids is 1. The number of hydrogen-bond acceptors (Lipinski definition) is 2. The Kier molecular flexibility index (Phi) is 5.51. The quantitative estimate of drug-likeness (QED) is 0.823. The highest BCUT2D eigenvalue weighted by molar-refractivity contribution is 9.10. The van der Waals surface area contributed by atoms with Crippen molar-refractivity contribution in [1.29, 1.82) is 5.26 Å². The van der Waals surface area contributed by atoms with E-state index in [1.807, 2.05) is 37.3 Å². The van der Waals surface area contributed by atoms with E-state index in [4.69, 9.17) is 5.26 Å². The summed E-state index contributed by atoms with van der Waals surface area (Å²) in [4.78, 5) is 11.9. The topological polar surface area (TPSA) is 52.9 Å². The molecule has 0 aliphatic carbocycles. The molecule has 2 aromatic rings. The zero-order valence-electron chi connectivity index (χ0n) is 12.1. The van der Waals surface area contributed by atoms with Crippen molar-refractivity contribution < 1.29 is 4.79 Å². The van der Waals surface area contributed by atoms with E-state index in [-0.39, 0.29) is 5.91 Å². The molecule has 0 saturated heterocycles. The lowest BCUT2D eigenvalue weighted by atomic mass is 10.1. The number of rotatable bonds is 4. The molecule has 110 valence electrons. The number of anilines is 1. The number of nitrogens with one attached hydrogen (secondary N) is 1. The predicted octanol–water partition coefficient (Wildman–Crippen LogP) is 4.48. The van der Waals surface area contributed by atoms with Gasteiger partial charge in [-0.3, -0.25) is 4.79 Å². The first-order valence-corrected chi connectivity index (χ1v) is 7.59. The van der Waals surface area contributed by atoms with Gasteiger partial charge < -0.3 is 5.32 Å². The monoisotopic (exact) mass is 354 g/mol. The Labute approximate surface area is 138 Å². The first kappa shape index (κ1) is 16.0. The van der Waals surface area contributed by atoms with Gasteiger partial charge in [-0.1, -0.05) is 40.2 Å². The molecule has 1 amide bonds. The van der Waals surface area contributed by atoms with Crippen LogP contribution >= 0.6 is 15.9 Å². The van der Waals surface area contributed by atoms with E-state index in [0.29, 0.717) is 12.1 Å². The van der Waals surface area contributed by atoms with Crippen LogP contribution in [0.4, 0.5) is 5.69 Å². The third-order valence-corrected chi connectivity index (χ3v) is 3.76. The maximum Gasteiger partial charge on any atom is 0.248 e. The highest BCUT2D eigenvalue weighted by Gasteiger charge is 2.00. The van der Waals surface area contributed by atoms with Crippen LogP contribution < -0.4 is 5.32 Å². The summed E-state index contributed by atoms with van der Waals surface area (Å²) < 4.78 is 0.956. The Balaban J connectivity index is 2.00. The smallest absolute Gasteiger partial charge is 0.248 e. The van der Waals surface area contributed by atoms with E-state index in [0.717, 1.165) is 21.2 Å². The van der Waals surface area contributed by atoms with Crippen molar-refractivity contribution in [1.82, 2.24) is 0 Å². The molecule has 0 bridgehead atoms. The first-order chi connectivity index (χ1) is 10.6. The molecular weight excluding hydrogens is 340 g/mol. The third kappa shape index (κ3) is 4.57. The predicted molar refractivity (Wildman–Crippen MR) is 92.3 cm³/mol. The molecule has 2 aromatic carbocycles. The summed E-state index contributed by atoms with van der Waals surface area (Å²) in [6.07, 6.45) is 3.64. The van der Waals surface area contributed by atoms with Gasteiger partial charge in [-0.2, -0.15) is 5.26 Å². The summed E-state index contributed by atoms with van der Waals surface area (Å²) in [5.74, 6) is -0.194. The number of nitriles is 1. The van der Waals surface area contributed by atoms with Gasteiger partial charge in [-0.05, 0) is 47.9 Å². The molecule has 4 heteroatoms. The van der Waals surface area contributed by atoms with Crippen molar-refractivity contribution in [3.05, 3.63) is 69.7 Å². The van der Waals surface area contributed by atoms with E-state index < -0.39 is 0 Å². The summed E-state index contributed by atoms with van der Waals surface area (Å²) in [7, 11) is 0. The van der Waals surface area contributed by atoms with Crippen LogP contribution in [0.25, 0.3) is 6.08 Å². The van der Waals surface area contributed by atoms with Crippen molar-refractivity contribution in [2.45, 2.75) is 13.3 Å². The molecule has 2 rings (SSSR count). The number of benzene rings is 2. The standard InChI is InChI=1S/C18H15BrN2O/c1-13-2-5-15(17(19)12-13)6-9-18(22)21-16-7-3-14(4-8-16)10-11-20/h2-9,12H,10H2,1H3,(H,21,22)/b9-6+. The molecule has 0 atom stereocenters. The maximum absolute atomic E-state index is 11.9. The van der Waals surface area contributed by atoms with Gasteiger partial charge in [0.2, 0.25) is 5.91 Å². The molecule has 0 spiro atoms. The fourth-order valence-corrected chi connectivity index (χ4v) is 2.54. The normalized spacial score (nSPS) is 10.4. The first-order valence-electron chi connectivity index (χ1n) is 6.79. The van der Waals surface area contributed by atoms with Crippen LogP contribution in [0, 0.1) is 18.3 Å². The summed E-state index contributed by atoms with van der Waals surface area (Å²) in [6, 6.07) is 15.3. The molecule has 0 saturated carbocycles. The van der Waals surface area contributed by atoms with E-state index in [9.17, 15) is 4.79 Å². The van der Waals surface area contributed by atoms with Crippen LogP contribution in [-0.2, 0) is 11.2 Å². The number of nitrogens with zero attached hydrogens (tertiary/aromatic N) is 1. The van der Waals surface area contributed by atoms with Crippen LogP contribution in [0.15, 0.2) is 53.0 Å². The second-order valence-corrected chi connectivity index (χ2v) is 5.73. The minimum atomic E-state index is -0.194. The Hall–Kier alpha value is -2.38. The molecule has 1 N–H and O–H groups in total. The highest BCUT2D eigenvalue weighted by atomic mass is 79.9. The maximum atomic E-state index is 11.9. The van der Waals surface area contributed by atoms with Gasteiger partial charge in [-0.25, -0.2) is 0 Å². The number of amides is 1. The molecule has 0 aliphatic rings. The van der Waals surface area contributed by atoms with Crippen LogP contribution in [0.5, 0.6) is 0 Å². The Morgan fingerprint density at radius 2 is 2.00 bits per heavy atom. The molecule has 3 nitrogen and oxygen atoms in total. The largest absolute Gasteiger partial charge is 0.323 e. The number of carbonyl (C=O) groups is 1. The summed E-state index contributed by atoms with van der Waals surface area (Å²) in [6.45, 7) is 2.01. The van der Waals surface area contributed by atoms with Crippen molar-refractivity contribution in [2.75, 3.05) is 5.32 Å². The van der Waals surface area contributed by atoms with E-state index in [1.54, 1.807) is 18.2 Å². The molecule has 0 fully saturated rings. The van der Waals surface area contributed by atoms with Gasteiger partial charge in [0.15, 0.2) is 0 Å². The lowest BCUT2D eigenvalue weighted by molar-refractivity contribution is -0.111. The van der Waals surface area contributed by atoms with Gasteiger partial charge in [0.05, 0.1) is 12.5 Å². The van der Waals surface area contributed by atoms with Gasteiger partial charge in [0.25, 0.3) is 0 Å². The Morgan fingerprint density at radius 1 is 1.27 bits per heavy atom. The zero-order chi connectivity index (χ0) is 15.9. The molecule has 0 heterocycles. The van der Waals surface area contributed by atoms with Crippen molar-refractivity contribution in [2.24, 2.45) is 0 Å². The molecule has 0 radical (unpaired) electrons. The van der Waals surface area contributed by atoms with Crippen molar-refractivity contribution >= 4 is 33.6 Å². The molecule has 0 aliphatic heterocycles. The lowest BCUT2D eigenvalue weighted by Crippen LogP contribution is -2.07. The summed E-state index contributed by atoms with van der Waals surface area (Å²) >= 11 is 3.48. The minimum Gasteiger partial charge on any atom is -0.323 e. The van der Waals surface area contributed by atoms with Gasteiger partial charge in [0.1, 0.15) is 0 Å². The Morgan fingerprint density at radius 3 is 2.64 bits per heavy atom. The van der Waals surface area contributed by atoms with Gasteiger partial charge in [-0.15, -0.1) is 0 Å². The highest BCUT2D eigenvalue weighted by Crippen LogP contribution is 2.19. The average molecular weight is 355 g/mol. The average Bonchev–Trinajstić information content (AvgIpc) is 2.49. The van der Waals surface area contributed by atoms with E-state index in [1.165, 1.54) is 6.08 Å². The molecule has 0 unspecified atom stereocenters. The van der Waals surface area contributed by atoms with Crippen molar-refractivity contribution in [3.8, 4) is 6.07 Å². The molecule has 22 heavy (non-hydrogen) atoms. The molecular formula is C18H15BrN2O. The van der Waals surface area contributed by atoms with Crippen LogP contribution in [0.3, 0.4) is 0 Å². The fourth-order valence-electron chi connectivity index (χ4n) is 1.91. The van der Waals surface area contributed by atoms with E-state index in [2.05, 4.69) is 27.3 Å². The third-order valence-electron chi connectivity index (χ3n) is 3.07. The van der Waals surface area contributed by atoms with E-state index >= 15 is 0 Å². The van der Waals surface area contributed by atoms with Crippen molar-refractivity contribution in [3.63, 3.8) is 0 Å². The lowest BCUT2D eigenvalue weighted by Gasteiger charge is -2.03. The van der Waals surface area contributed by atoms with Crippen LogP contribution in [-0.4, -0.2) is 5.91 Å². The van der Waals surface area contributed by atoms with Gasteiger partial charge in [0, 0.05) is 16.2 Å². The minimum absolute atomic E-state index is 0.194. The number of hydrogen-bond donors (Lipinski definition) is 1. The SMILES string of the molecule is Cc1ccc(/C=C/C(=O)Nc2ccc(CC#N)cc2)c(Br)c1. The second kappa shape index (κ2) is 7.58. The summed E-state index contributed by atoms with van der Waals surface area (Å²) in [5.41, 5.74) is 3.75. The fraction of sp³-hybridized carbons (Fsp3) is 0.111. The molecule has 0 aromatic heterocycles. The Bertz CT molecular complexity index is 743. The van der Waals surface area contributed by atoms with Crippen LogP contribution in [0.2, 0.25) is 0 Å². The second-order valence-electron chi connectivity index (χ2n) is 4.88.